The lowest BCUT2D eigenvalue weighted by Gasteiger charge is -2.06. The van der Waals surface area contributed by atoms with Crippen LogP contribution in [0.4, 0.5) is 18.9 Å². The standard InChI is InChI=1S/C19H11ClF3N3S2/c20-13-4-6-15(7-5-13)28-17-16(26-8-9-27-18(26)25-17)11-24-14-3-1-2-12(10-14)19(21,22)23/h1-11H. The van der Waals surface area contributed by atoms with Gasteiger partial charge in [-0.1, -0.05) is 29.4 Å². The van der Waals surface area contributed by atoms with Crippen LogP contribution >= 0.6 is 34.7 Å². The Bertz CT molecular complexity index is 1150. The fraction of sp³-hybridized carbons (Fsp3) is 0.0526. The lowest BCUT2D eigenvalue weighted by Crippen LogP contribution is -2.03. The van der Waals surface area contributed by atoms with E-state index in [1.165, 1.54) is 35.2 Å². The summed E-state index contributed by atoms with van der Waals surface area (Å²) >= 11 is 8.84. The van der Waals surface area contributed by atoms with Crippen molar-refractivity contribution in [3.63, 3.8) is 0 Å². The Morgan fingerprint density at radius 1 is 1.14 bits per heavy atom. The predicted molar refractivity (Wildman–Crippen MR) is 107 cm³/mol. The number of aromatic nitrogens is 2. The van der Waals surface area contributed by atoms with Crippen molar-refractivity contribution >= 4 is 51.6 Å². The van der Waals surface area contributed by atoms with Crippen molar-refractivity contribution in [2.75, 3.05) is 0 Å². The molecule has 0 spiro atoms. The molecular weight excluding hydrogens is 427 g/mol. The van der Waals surface area contributed by atoms with E-state index in [4.69, 9.17) is 11.6 Å². The fourth-order valence-electron chi connectivity index (χ4n) is 2.49. The second kappa shape index (κ2) is 7.62. The van der Waals surface area contributed by atoms with E-state index in [0.717, 1.165) is 22.0 Å². The summed E-state index contributed by atoms with van der Waals surface area (Å²) in [5, 5.41) is 3.24. The Labute approximate surface area is 171 Å². The average Bonchev–Trinajstić information content (AvgIpc) is 3.23. The van der Waals surface area contributed by atoms with E-state index in [2.05, 4.69) is 9.98 Å². The number of hydrogen-bond acceptors (Lipinski definition) is 4. The predicted octanol–water partition coefficient (Wildman–Crippen LogP) is 6.97. The maximum absolute atomic E-state index is 12.9. The minimum Gasteiger partial charge on any atom is -0.288 e. The van der Waals surface area contributed by atoms with E-state index < -0.39 is 11.7 Å². The molecule has 0 fully saturated rings. The summed E-state index contributed by atoms with van der Waals surface area (Å²) in [6, 6.07) is 12.3. The Hall–Kier alpha value is -2.29. The topological polar surface area (TPSA) is 29.7 Å². The smallest absolute Gasteiger partial charge is 0.288 e. The van der Waals surface area contributed by atoms with Crippen LogP contribution < -0.4 is 0 Å². The van der Waals surface area contributed by atoms with Gasteiger partial charge < -0.3 is 0 Å². The Morgan fingerprint density at radius 2 is 1.93 bits per heavy atom. The van der Waals surface area contributed by atoms with Crippen LogP contribution in [0.3, 0.4) is 0 Å². The molecule has 0 saturated heterocycles. The van der Waals surface area contributed by atoms with Gasteiger partial charge in [-0.3, -0.25) is 9.39 Å². The quantitative estimate of drug-likeness (QED) is 0.323. The third-order valence-corrected chi connectivity index (χ3v) is 5.81. The molecule has 4 rings (SSSR count). The first-order valence-corrected chi connectivity index (χ1v) is 10.1. The zero-order valence-corrected chi connectivity index (χ0v) is 16.4. The Balaban J connectivity index is 1.69. The van der Waals surface area contributed by atoms with Gasteiger partial charge in [-0.15, -0.1) is 11.3 Å². The molecule has 3 nitrogen and oxygen atoms in total. The number of alkyl halides is 3. The monoisotopic (exact) mass is 437 g/mol. The van der Waals surface area contributed by atoms with Gasteiger partial charge in [-0.05, 0) is 42.5 Å². The molecule has 142 valence electrons. The van der Waals surface area contributed by atoms with Gasteiger partial charge in [0.05, 0.1) is 23.2 Å². The van der Waals surface area contributed by atoms with Gasteiger partial charge in [0.15, 0.2) is 4.96 Å². The minimum atomic E-state index is -4.40. The highest BCUT2D eigenvalue weighted by atomic mass is 35.5. The lowest BCUT2D eigenvalue weighted by atomic mass is 10.2. The van der Waals surface area contributed by atoms with Crippen molar-refractivity contribution in [3.8, 4) is 0 Å². The van der Waals surface area contributed by atoms with Crippen LogP contribution in [-0.4, -0.2) is 15.6 Å². The van der Waals surface area contributed by atoms with Crippen LogP contribution in [0, 0.1) is 0 Å². The van der Waals surface area contributed by atoms with Crippen LogP contribution in [0.15, 0.2) is 75.0 Å². The molecule has 2 aromatic carbocycles. The third kappa shape index (κ3) is 4.09. The van der Waals surface area contributed by atoms with Crippen LogP contribution in [0.5, 0.6) is 0 Å². The molecule has 28 heavy (non-hydrogen) atoms. The molecule has 0 saturated carbocycles. The van der Waals surface area contributed by atoms with E-state index in [0.29, 0.717) is 15.7 Å². The molecule has 0 aliphatic carbocycles. The highest BCUT2D eigenvalue weighted by Crippen LogP contribution is 2.33. The molecule has 0 aliphatic rings. The number of rotatable bonds is 4. The molecule has 0 bridgehead atoms. The van der Waals surface area contributed by atoms with Gasteiger partial charge in [0.1, 0.15) is 5.03 Å². The molecule has 0 N–H and O–H groups in total. The summed E-state index contributed by atoms with van der Waals surface area (Å²) < 4.78 is 40.6. The average molecular weight is 438 g/mol. The van der Waals surface area contributed by atoms with Crippen LogP contribution in [0.25, 0.3) is 4.96 Å². The molecule has 4 aromatic rings. The highest BCUT2D eigenvalue weighted by Gasteiger charge is 2.30. The molecule has 2 aromatic heterocycles. The first-order chi connectivity index (χ1) is 13.4. The van der Waals surface area contributed by atoms with Crippen molar-refractivity contribution in [3.05, 3.63) is 76.4 Å². The molecular formula is C19H11ClF3N3S2. The maximum Gasteiger partial charge on any atom is 0.416 e. The zero-order valence-electron chi connectivity index (χ0n) is 14.0. The highest BCUT2D eigenvalue weighted by molar-refractivity contribution is 7.99. The molecule has 9 heteroatoms. The molecule has 2 heterocycles. The van der Waals surface area contributed by atoms with E-state index in [1.807, 2.05) is 28.1 Å². The zero-order chi connectivity index (χ0) is 19.7. The summed E-state index contributed by atoms with van der Waals surface area (Å²) in [6.07, 6.45) is -1.01. The first kappa shape index (κ1) is 19.0. The molecule has 0 aliphatic heterocycles. The van der Waals surface area contributed by atoms with Crippen molar-refractivity contribution < 1.29 is 13.2 Å². The van der Waals surface area contributed by atoms with E-state index in [1.54, 1.807) is 18.3 Å². The van der Waals surface area contributed by atoms with Gasteiger partial charge in [0, 0.05) is 21.5 Å². The lowest BCUT2D eigenvalue weighted by molar-refractivity contribution is -0.137. The van der Waals surface area contributed by atoms with Crippen molar-refractivity contribution in [2.24, 2.45) is 4.99 Å². The van der Waals surface area contributed by atoms with Crippen molar-refractivity contribution in [1.29, 1.82) is 0 Å². The summed E-state index contributed by atoms with van der Waals surface area (Å²) in [4.78, 5) is 10.6. The van der Waals surface area contributed by atoms with E-state index in [9.17, 15) is 13.2 Å². The molecule has 0 unspecified atom stereocenters. The second-order valence-corrected chi connectivity index (χ2v) is 8.09. The second-order valence-electron chi connectivity index (χ2n) is 5.72. The number of aliphatic imine (C=N–C) groups is 1. The maximum atomic E-state index is 12.9. The Kier molecular flexibility index (Phi) is 5.18. The third-order valence-electron chi connectivity index (χ3n) is 3.80. The first-order valence-electron chi connectivity index (χ1n) is 8.00. The number of fused-ring (bicyclic) bond motifs is 1. The number of hydrogen-bond donors (Lipinski definition) is 0. The Morgan fingerprint density at radius 3 is 2.68 bits per heavy atom. The summed E-state index contributed by atoms with van der Waals surface area (Å²) in [7, 11) is 0. The molecule has 0 amide bonds. The minimum absolute atomic E-state index is 0.224. The van der Waals surface area contributed by atoms with E-state index >= 15 is 0 Å². The number of nitrogens with zero attached hydrogens (tertiary/aromatic N) is 3. The van der Waals surface area contributed by atoms with E-state index in [-0.39, 0.29) is 5.69 Å². The largest absolute Gasteiger partial charge is 0.416 e. The van der Waals surface area contributed by atoms with Gasteiger partial charge in [0.25, 0.3) is 0 Å². The van der Waals surface area contributed by atoms with Crippen molar-refractivity contribution in [2.45, 2.75) is 16.1 Å². The number of thiazole rings is 1. The van der Waals surface area contributed by atoms with Gasteiger partial charge >= 0.3 is 6.18 Å². The van der Waals surface area contributed by atoms with Crippen LogP contribution in [-0.2, 0) is 6.18 Å². The van der Waals surface area contributed by atoms with Gasteiger partial charge in [0.2, 0.25) is 0 Å². The fourth-order valence-corrected chi connectivity index (χ4v) is 4.28. The molecule has 0 radical (unpaired) electrons. The number of benzene rings is 2. The number of imidazole rings is 1. The van der Waals surface area contributed by atoms with Crippen molar-refractivity contribution in [1.82, 2.24) is 9.38 Å². The van der Waals surface area contributed by atoms with Gasteiger partial charge in [-0.25, -0.2) is 4.98 Å². The summed E-state index contributed by atoms with van der Waals surface area (Å²) in [6.45, 7) is 0. The van der Waals surface area contributed by atoms with Gasteiger partial charge in [-0.2, -0.15) is 13.2 Å². The van der Waals surface area contributed by atoms with Crippen LogP contribution in [0.2, 0.25) is 5.02 Å². The number of halogens is 4. The SMILES string of the molecule is FC(F)(F)c1cccc(N=Cc2c(Sc3ccc(Cl)cc3)nc3sccn23)c1. The molecule has 0 atom stereocenters. The normalized spacial score (nSPS) is 12.3. The van der Waals surface area contributed by atoms with Crippen LogP contribution in [0.1, 0.15) is 11.3 Å². The summed E-state index contributed by atoms with van der Waals surface area (Å²) in [5.41, 5.74) is 0.197. The summed E-state index contributed by atoms with van der Waals surface area (Å²) in [5.74, 6) is 0.